The van der Waals surface area contributed by atoms with E-state index in [0.29, 0.717) is 12.0 Å². The van der Waals surface area contributed by atoms with E-state index in [1.165, 1.54) is 12.1 Å². The van der Waals surface area contributed by atoms with Gasteiger partial charge in [-0.2, -0.15) is 0 Å². The molecule has 0 saturated heterocycles. The van der Waals surface area contributed by atoms with Crippen LogP contribution in [0.25, 0.3) is 0 Å². The van der Waals surface area contributed by atoms with Crippen molar-refractivity contribution in [3.8, 4) is 17.2 Å². The van der Waals surface area contributed by atoms with E-state index in [0.717, 1.165) is 12.0 Å². The van der Waals surface area contributed by atoms with Gasteiger partial charge in [-0.15, -0.1) is 0 Å². The molecule has 1 unspecified atom stereocenters. The van der Waals surface area contributed by atoms with Crippen molar-refractivity contribution in [2.45, 2.75) is 25.7 Å². The molecule has 2 rings (SSSR count). The summed E-state index contributed by atoms with van der Waals surface area (Å²) in [6, 6.07) is 10.9. The van der Waals surface area contributed by atoms with Gasteiger partial charge in [0.1, 0.15) is 17.2 Å². The molecule has 1 atom stereocenters. The summed E-state index contributed by atoms with van der Waals surface area (Å²) >= 11 is 0. The van der Waals surface area contributed by atoms with E-state index >= 15 is 0 Å². The van der Waals surface area contributed by atoms with E-state index < -0.39 is 7.82 Å². The molecule has 0 aromatic heterocycles. The van der Waals surface area contributed by atoms with Gasteiger partial charge in [-0.1, -0.05) is 31.5 Å². The number of aromatic hydroxyl groups is 2. The Hall–Kier alpha value is -2.01. The van der Waals surface area contributed by atoms with Gasteiger partial charge in [0.25, 0.3) is 0 Å². The van der Waals surface area contributed by atoms with Crippen molar-refractivity contribution in [1.29, 1.82) is 0 Å². The Morgan fingerprint density at radius 3 is 2.39 bits per heavy atom. The predicted molar refractivity (Wildman–Crippen MR) is 85.6 cm³/mol. The fourth-order valence-corrected chi connectivity index (χ4v) is 2.96. The SMILES string of the molecule is CCCC(c1cccc(O)c1)c1ccc(O)cc1OP(=O)(O)O. The van der Waals surface area contributed by atoms with E-state index in [9.17, 15) is 14.8 Å². The average Bonchev–Trinajstić information content (AvgIpc) is 2.44. The molecular formula is C16H19O6P. The van der Waals surface area contributed by atoms with Crippen LogP contribution in [0, 0.1) is 0 Å². The van der Waals surface area contributed by atoms with E-state index in [2.05, 4.69) is 0 Å². The van der Waals surface area contributed by atoms with Gasteiger partial charge in [0.05, 0.1) is 0 Å². The minimum absolute atomic E-state index is 0.0693. The smallest absolute Gasteiger partial charge is 0.508 e. The van der Waals surface area contributed by atoms with Gasteiger partial charge in [-0.3, -0.25) is 9.79 Å². The molecule has 0 bridgehead atoms. The second-order valence-electron chi connectivity index (χ2n) is 5.24. The normalized spacial score (nSPS) is 12.8. The van der Waals surface area contributed by atoms with Crippen LogP contribution in [0.3, 0.4) is 0 Å². The topological polar surface area (TPSA) is 107 Å². The lowest BCUT2D eigenvalue weighted by molar-refractivity contribution is 0.281. The zero-order valence-electron chi connectivity index (χ0n) is 12.6. The fourth-order valence-electron chi connectivity index (χ4n) is 2.55. The quantitative estimate of drug-likeness (QED) is 0.601. The van der Waals surface area contributed by atoms with Crippen LogP contribution in [0.5, 0.6) is 17.2 Å². The third-order valence-electron chi connectivity index (χ3n) is 3.44. The molecule has 0 fully saturated rings. The molecule has 6 nitrogen and oxygen atoms in total. The number of phenolic OH excluding ortho intramolecular Hbond substituents is 2. The molecule has 0 radical (unpaired) electrons. The summed E-state index contributed by atoms with van der Waals surface area (Å²) in [7, 11) is -4.75. The van der Waals surface area contributed by atoms with Crippen LogP contribution in [-0.4, -0.2) is 20.0 Å². The van der Waals surface area contributed by atoms with Gasteiger partial charge >= 0.3 is 7.82 Å². The lowest BCUT2D eigenvalue weighted by Gasteiger charge is -2.21. The maximum absolute atomic E-state index is 11.2. The van der Waals surface area contributed by atoms with Crippen LogP contribution in [0.15, 0.2) is 42.5 Å². The van der Waals surface area contributed by atoms with E-state index in [1.807, 2.05) is 13.0 Å². The molecule has 7 heteroatoms. The van der Waals surface area contributed by atoms with Crippen molar-refractivity contribution < 1.29 is 29.1 Å². The van der Waals surface area contributed by atoms with Crippen molar-refractivity contribution in [3.63, 3.8) is 0 Å². The Balaban J connectivity index is 2.52. The molecule has 2 aromatic rings. The highest BCUT2D eigenvalue weighted by molar-refractivity contribution is 7.46. The molecule has 0 aliphatic heterocycles. The Kier molecular flexibility index (Phi) is 5.31. The first-order valence-corrected chi connectivity index (χ1v) is 8.70. The summed E-state index contributed by atoms with van der Waals surface area (Å²) in [5.74, 6) is -0.336. The van der Waals surface area contributed by atoms with E-state index in [-0.39, 0.29) is 23.2 Å². The highest BCUT2D eigenvalue weighted by Gasteiger charge is 2.24. The second kappa shape index (κ2) is 7.04. The van der Waals surface area contributed by atoms with Crippen LogP contribution < -0.4 is 4.52 Å². The summed E-state index contributed by atoms with van der Waals surface area (Å²) in [6.07, 6.45) is 1.50. The highest BCUT2D eigenvalue weighted by atomic mass is 31.2. The number of phosphoric ester groups is 1. The molecule has 0 aliphatic carbocycles. The van der Waals surface area contributed by atoms with Crippen molar-refractivity contribution in [3.05, 3.63) is 53.6 Å². The molecule has 0 saturated carbocycles. The van der Waals surface area contributed by atoms with Crippen LogP contribution in [0.1, 0.15) is 36.8 Å². The number of benzene rings is 2. The average molecular weight is 338 g/mol. The maximum Gasteiger partial charge on any atom is 0.524 e. The van der Waals surface area contributed by atoms with Crippen LogP contribution in [0.2, 0.25) is 0 Å². The molecule has 124 valence electrons. The summed E-state index contributed by atoms with van der Waals surface area (Å²) in [4.78, 5) is 18.2. The Labute approximate surface area is 134 Å². The molecule has 23 heavy (non-hydrogen) atoms. The number of phosphoric acid groups is 1. The number of hydrogen-bond donors (Lipinski definition) is 4. The Morgan fingerprint density at radius 2 is 1.78 bits per heavy atom. The molecule has 0 aliphatic rings. The summed E-state index contributed by atoms with van der Waals surface area (Å²) < 4.78 is 15.9. The first kappa shape index (κ1) is 17.3. The molecule has 0 amide bonds. The summed E-state index contributed by atoms with van der Waals surface area (Å²) in [5.41, 5.74) is 1.34. The van der Waals surface area contributed by atoms with Crippen molar-refractivity contribution in [2.24, 2.45) is 0 Å². The van der Waals surface area contributed by atoms with Crippen LogP contribution in [-0.2, 0) is 4.57 Å². The lowest BCUT2D eigenvalue weighted by Crippen LogP contribution is -2.04. The second-order valence-corrected chi connectivity index (χ2v) is 6.40. The van der Waals surface area contributed by atoms with E-state index in [4.69, 9.17) is 14.3 Å². The van der Waals surface area contributed by atoms with Gasteiger partial charge in [0.2, 0.25) is 0 Å². The zero-order chi connectivity index (χ0) is 17.0. The Bertz CT molecular complexity index is 724. The third kappa shape index (κ3) is 4.73. The number of rotatable bonds is 6. The minimum atomic E-state index is -4.75. The van der Waals surface area contributed by atoms with Crippen molar-refractivity contribution in [2.75, 3.05) is 0 Å². The van der Waals surface area contributed by atoms with Crippen molar-refractivity contribution in [1.82, 2.24) is 0 Å². The van der Waals surface area contributed by atoms with Gasteiger partial charge in [0.15, 0.2) is 0 Å². The fraction of sp³-hybridized carbons (Fsp3) is 0.250. The highest BCUT2D eigenvalue weighted by Crippen LogP contribution is 2.44. The van der Waals surface area contributed by atoms with Gasteiger partial charge in [0, 0.05) is 17.5 Å². The summed E-state index contributed by atoms with van der Waals surface area (Å²) in [6.45, 7) is 1.99. The lowest BCUT2D eigenvalue weighted by atomic mass is 9.87. The predicted octanol–water partition coefficient (Wildman–Crippen LogP) is 3.50. The Morgan fingerprint density at radius 1 is 1.09 bits per heavy atom. The van der Waals surface area contributed by atoms with Crippen molar-refractivity contribution >= 4 is 7.82 Å². The van der Waals surface area contributed by atoms with E-state index in [1.54, 1.807) is 24.3 Å². The zero-order valence-corrected chi connectivity index (χ0v) is 13.5. The maximum atomic E-state index is 11.2. The minimum Gasteiger partial charge on any atom is -0.508 e. The molecule has 4 N–H and O–H groups in total. The van der Waals surface area contributed by atoms with Crippen LogP contribution in [0.4, 0.5) is 0 Å². The number of hydrogen-bond acceptors (Lipinski definition) is 4. The van der Waals surface area contributed by atoms with Gasteiger partial charge in [-0.25, -0.2) is 4.57 Å². The molecule has 0 heterocycles. The van der Waals surface area contributed by atoms with Gasteiger partial charge in [-0.05, 0) is 30.2 Å². The third-order valence-corrected chi connectivity index (χ3v) is 3.87. The first-order chi connectivity index (χ1) is 10.8. The summed E-state index contributed by atoms with van der Waals surface area (Å²) in [5, 5.41) is 19.3. The monoisotopic (exact) mass is 338 g/mol. The molecule has 0 spiro atoms. The molecular weight excluding hydrogens is 319 g/mol. The van der Waals surface area contributed by atoms with Gasteiger partial charge < -0.3 is 14.7 Å². The standard InChI is InChI=1S/C16H19O6P/c1-2-4-14(11-5-3-6-12(17)9-11)15-8-7-13(18)10-16(15)22-23(19,20)21/h3,5-10,14,17-18H,2,4H2,1H3,(H2,19,20,21). The molecule has 2 aromatic carbocycles. The van der Waals surface area contributed by atoms with Crippen LogP contribution >= 0.6 is 7.82 Å². The first-order valence-electron chi connectivity index (χ1n) is 7.17. The largest absolute Gasteiger partial charge is 0.524 e. The number of phenols is 2.